The SMILES string of the molecule is CCC1NCCC1(C)c1cc(F)ccc1F. The molecule has 1 N–H and O–H groups in total. The van der Waals surface area contributed by atoms with Gasteiger partial charge >= 0.3 is 0 Å². The minimum atomic E-state index is -0.362. The van der Waals surface area contributed by atoms with Crippen molar-refractivity contribution in [3.63, 3.8) is 0 Å². The van der Waals surface area contributed by atoms with E-state index in [-0.39, 0.29) is 23.1 Å². The van der Waals surface area contributed by atoms with Gasteiger partial charge in [0.2, 0.25) is 0 Å². The van der Waals surface area contributed by atoms with Gasteiger partial charge in [-0.25, -0.2) is 8.78 Å². The summed E-state index contributed by atoms with van der Waals surface area (Å²) in [6.45, 7) is 4.95. The molecule has 1 nitrogen and oxygen atoms in total. The first-order chi connectivity index (χ1) is 7.58. The van der Waals surface area contributed by atoms with Gasteiger partial charge in [0.1, 0.15) is 11.6 Å². The smallest absolute Gasteiger partial charge is 0.127 e. The Bertz CT molecular complexity index is 392. The number of nitrogens with one attached hydrogen (secondary N) is 1. The van der Waals surface area contributed by atoms with E-state index in [1.165, 1.54) is 18.2 Å². The van der Waals surface area contributed by atoms with Crippen molar-refractivity contribution in [2.45, 2.75) is 38.1 Å². The maximum Gasteiger partial charge on any atom is 0.127 e. The summed E-state index contributed by atoms with van der Waals surface area (Å²) in [5.41, 5.74) is 0.213. The number of rotatable bonds is 2. The van der Waals surface area contributed by atoms with E-state index in [4.69, 9.17) is 0 Å². The Hall–Kier alpha value is -0.960. The lowest BCUT2D eigenvalue weighted by molar-refractivity contribution is 0.374. The van der Waals surface area contributed by atoms with Crippen LogP contribution in [0.2, 0.25) is 0 Å². The van der Waals surface area contributed by atoms with Gasteiger partial charge in [0, 0.05) is 11.5 Å². The highest BCUT2D eigenvalue weighted by Crippen LogP contribution is 2.38. The highest BCUT2D eigenvalue weighted by atomic mass is 19.1. The molecule has 0 amide bonds. The van der Waals surface area contributed by atoms with Gasteiger partial charge in [0.05, 0.1) is 0 Å². The second-order valence-corrected chi connectivity index (χ2v) is 4.71. The molecule has 2 atom stereocenters. The summed E-state index contributed by atoms with van der Waals surface area (Å²) in [6, 6.07) is 3.96. The Morgan fingerprint density at radius 2 is 2.19 bits per heavy atom. The van der Waals surface area contributed by atoms with Crippen molar-refractivity contribution in [3.8, 4) is 0 Å². The van der Waals surface area contributed by atoms with Crippen molar-refractivity contribution >= 4 is 0 Å². The fourth-order valence-electron chi connectivity index (χ4n) is 2.76. The van der Waals surface area contributed by atoms with Gasteiger partial charge in [0.25, 0.3) is 0 Å². The van der Waals surface area contributed by atoms with Crippen LogP contribution in [0.15, 0.2) is 18.2 Å². The van der Waals surface area contributed by atoms with E-state index in [0.29, 0.717) is 5.56 Å². The molecule has 0 bridgehead atoms. The first-order valence-electron chi connectivity index (χ1n) is 5.77. The molecule has 0 radical (unpaired) electrons. The quantitative estimate of drug-likeness (QED) is 0.816. The van der Waals surface area contributed by atoms with E-state index in [2.05, 4.69) is 12.2 Å². The average Bonchev–Trinajstić information content (AvgIpc) is 2.64. The lowest BCUT2D eigenvalue weighted by atomic mass is 9.75. The highest BCUT2D eigenvalue weighted by Gasteiger charge is 2.40. The van der Waals surface area contributed by atoms with Gasteiger partial charge in [-0.1, -0.05) is 13.8 Å². The molecular formula is C13H17F2N. The Balaban J connectivity index is 2.45. The van der Waals surface area contributed by atoms with Crippen LogP contribution in [0.4, 0.5) is 8.78 Å². The third kappa shape index (κ3) is 1.73. The molecule has 0 spiro atoms. The van der Waals surface area contributed by atoms with Gasteiger partial charge in [-0.05, 0) is 43.1 Å². The zero-order valence-electron chi connectivity index (χ0n) is 9.69. The number of halogens is 2. The van der Waals surface area contributed by atoms with Crippen LogP contribution in [0.1, 0.15) is 32.3 Å². The monoisotopic (exact) mass is 225 g/mol. The molecule has 2 rings (SSSR count). The van der Waals surface area contributed by atoms with Crippen LogP contribution in [-0.2, 0) is 5.41 Å². The zero-order valence-corrected chi connectivity index (χ0v) is 9.69. The van der Waals surface area contributed by atoms with Gasteiger partial charge in [-0.3, -0.25) is 0 Å². The summed E-state index contributed by atoms with van der Waals surface area (Å²) < 4.78 is 27.0. The second-order valence-electron chi connectivity index (χ2n) is 4.71. The van der Waals surface area contributed by atoms with Crippen molar-refractivity contribution in [1.29, 1.82) is 0 Å². The summed E-state index contributed by atoms with van der Waals surface area (Å²) in [7, 11) is 0. The first kappa shape index (κ1) is 11.5. The lowest BCUT2D eigenvalue weighted by Gasteiger charge is -2.31. The van der Waals surface area contributed by atoms with E-state index < -0.39 is 0 Å². The molecule has 1 aliphatic heterocycles. The summed E-state index contributed by atoms with van der Waals surface area (Å²) in [5.74, 6) is -0.662. The van der Waals surface area contributed by atoms with Crippen LogP contribution in [0.25, 0.3) is 0 Å². The topological polar surface area (TPSA) is 12.0 Å². The Morgan fingerprint density at radius 1 is 1.44 bits per heavy atom. The molecule has 16 heavy (non-hydrogen) atoms. The highest BCUT2D eigenvalue weighted by molar-refractivity contribution is 5.30. The van der Waals surface area contributed by atoms with Crippen LogP contribution in [0.3, 0.4) is 0 Å². The van der Waals surface area contributed by atoms with E-state index in [1.807, 2.05) is 6.92 Å². The van der Waals surface area contributed by atoms with Gasteiger partial charge in [0.15, 0.2) is 0 Å². The molecule has 1 fully saturated rings. The molecule has 0 aromatic heterocycles. The third-order valence-corrected chi connectivity index (χ3v) is 3.76. The normalized spacial score (nSPS) is 29.6. The van der Waals surface area contributed by atoms with E-state index in [0.717, 1.165) is 19.4 Å². The predicted octanol–water partition coefficient (Wildman–Crippen LogP) is 2.99. The van der Waals surface area contributed by atoms with Crippen molar-refractivity contribution in [1.82, 2.24) is 5.32 Å². The largest absolute Gasteiger partial charge is 0.313 e. The van der Waals surface area contributed by atoms with Crippen LogP contribution >= 0.6 is 0 Å². The standard InChI is InChI=1S/C13H17F2N/c1-3-12-13(2,6-7-16-12)10-8-9(14)4-5-11(10)15/h4-5,8,12,16H,3,6-7H2,1-2H3. The third-order valence-electron chi connectivity index (χ3n) is 3.76. The predicted molar refractivity (Wildman–Crippen MR) is 60.4 cm³/mol. The van der Waals surface area contributed by atoms with Gasteiger partial charge in [-0.2, -0.15) is 0 Å². The van der Waals surface area contributed by atoms with Crippen molar-refractivity contribution < 1.29 is 8.78 Å². The summed E-state index contributed by atoms with van der Waals surface area (Å²) >= 11 is 0. The molecule has 3 heteroatoms. The van der Waals surface area contributed by atoms with Gasteiger partial charge in [-0.15, -0.1) is 0 Å². The van der Waals surface area contributed by atoms with E-state index in [1.54, 1.807) is 0 Å². The van der Waals surface area contributed by atoms with Crippen molar-refractivity contribution in [2.75, 3.05) is 6.54 Å². The summed E-state index contributed by atoms with van der Waals surface area (Å²) in [6.07, 6.45) is 1.78. The molecule has 1 aromatic carbocycles. The molecule has 1 aromatic rings. The fraction of sp³-hybridized carbons (Fsp3) is 0.538. The van der Waals surface area contributed by atoms with E-state index >= 15 is 0 Å². The van der Waals surface area contributed by atoms with E-state index in [9.17, 15) is 8.78 Å². The summed E-state index contributed by atoms with van der Waals surface area (Å²) in [4.78, 5) is 0. The Labute approximate surface area is 94.9 Å². The maximum atomic E-state index is 13.8. The summed E-state index contributed by atoms with van der Waals surface area (Å²) in [5, 5.41) is 3.35. The molecular weight excluding hydrogens is 208 g/mol. The van der Waals surface area contributed by atoms with Crippen molar-refractivity contribution in [3.05, 3.63) is 35.4 Å². The molecule has 1 saturated heterocycles. The minimum absolute atomic E-state index is 0.226. The second kappa shape index (κ2) is 4.13. The van der Waals surface area contributed by atoms with Crippen LogP contribution in [-0.4, -0.2) is 12.6 Å². The molecule has 0 saturated carbocycles. The first-order valence-corrected chi connectivity index (χ1v) is 5.77. The molecule has 88 valence electrons. The average molecular weight is 225 g/mol. The lowest BCUT2D eigenvalue weighted by Crippen LogP contribution is -2.38. The number of benzene rings is 1. The molecule has 0 aliphatic carbocycles. The number of hydrogen-bond donors (Lipinski definition) is 1. The Morgan fingerprint density at radius 3 is 2.88 bits per heavy atom. The molecule has 1 aliphatic rings. The molecule has 1 heterocycles. The zero-order chi connectivity index (χ0) is 11.8. The van der Waals surface area contributed by atoms with Crippen molar-refractivity contribution in [2.24, 2.45) is 0 Å². The molecule has 2 unspecified atom stereocenters. The number of hydrogen-bond acceptors (Lipinski definition) is 1. The minimum Gasteiger partial charge on any atom is -0.313 e. The van der Waals surface area contributed by atoms with Gasteiger partial charge < -0.3 is 5.32 Å². The Kier molecular flexibility index (Phi) is 2.98. The fourth-order valence-corrected chi connectivity index (χ4v) is 2.76. The van der Waals surface area contributed by atoms with Crippen LogP contribution in [0.5, 0.6) is 0 Å². The van der Waals surface area contributed by atoms with Crippen LogP contribution < -0.4 is 5.32 Å². The maximum absolute atomic E-state index is 13.8. The van der Waals surface area contributed by atoms with Crippen LogP contribution in [0, 0.1) is 11.6 Å².